The van der Waals surface area contributed by atoms with E-state index in [1.54, 1.807) is 13.2 Å². The Labute approximate surface area is 99.1 Å². The normalized spacial score (nSPS) is 10.2. The van der Waals surface area contributed by atoms with Crippen LogP contribution in [-0.2, 0) is 6.54 Å². The monoisotopic (exact) mass is 230 g/mol. The quantitative estimate of drug-likeness (QED) is 0.839. The molecule has 1 heterocycles. The maximum Gasteiger partial charge on any atom is 0.252 e. The van der Waals surface area contributed by atoms with Crippen LogP contribution in [0.5, 0.6) is 5.75 Å². The second kappa shape index (κ2) is 4.84. The molecule has 88 valence electrons. The largest absolute Gasteiger partial charge is 0.496 e. The molecule has 0 aliphatic rings. The van der Waals surface area contributed by atoms with E-state index in [-0.39, 0.29) is 12.1 Å². The maximum absolute atomic E-state index is 11.7. The molecular weight excluding hydrogens is 216 g/mol. The Morgan fingerprint density at radius 3 is 2.65 bits per heavy atom. The minimum Gasteiger partial charge on any atom is -0.496 e. The van der Waals surface area contributed by atoms with Gasteiger partial charge in [-0.15, -0.1) is 0 Å². The van der Waals surface area contributed by atoms with Gasteiger partial charge in [-0.05, 0) is 18.2 Å². The molecule has 0 bridgehead atoms. The van der Waals surface area contributed by atoms with Crippen molar-refractivity contribution in [3.63, 3.8) is 0 Å². The molecule has 17 heavy (non-hydrogen) atoms. The number of benzene rings is 1. The van der Waals surface area contributed by atoms with E-state index in [1.165, 1.54) is 0 Å². The van der Waals surface area contributed by atoms with Gasteiger partial charge >= 0.3 is 0 Å². The lowest BCUT2D eigenvalue weighted by Crippen LogP contribution is -2.16. The third kappa shape index (κ3) is 2.21. The van der Waals surface area contributed by atoms with Gasteiger partial charge in [-0.2, -0.15) is 0 Å². The predicted molar refractivity (Wildman–Crippen MR) is 66.9 cm³/mol. The van der Waals surface area contributed by atoms with Crippen molar-refractivity contribution in [1.29, 1.82) is 0 Å². The summed E-state index contributed by atoms with van der Waals surface area (Å²) in [6.07, 6.45) is 0. The van der Waals surface area contributed by atoms with E-state index in [0.717, 1.165) is 17.0 Å². The Balaban J connectivity index is 2.53. The zero-order chi connectivity index (χ0) is 12.3. The van der Waals surface area contributed by atoms with E-state index in [2.05, 4.69) is 4.98 Å². The van der Waals surface area contributed by atoms with E-state index in [4.69, 9.17) is 10.5 Å². The van der Waals surface area contributed by atoms with Gasteiger partial charge in [0.25, 0.3) is 5.56 Å². The number of hydrogen-bond donors (Lipinski definition) is 2. The van der Waals surface area contributed by atoms with Crippen LogP contribution in [0.25, 0.3) is 11.3 Å². The summed E-state index contributed by atoms with van der Waals surface area (Å²) in [5, 5.41) is 0. The number of H-pyrrole nitrogens is 1. The summed E-state index contributed by atoms with van der Waals surface area (Å²) in [4.78, 5) is 14.5. The number of rotatable bonds is 3. The first-order chi connectivity index (χ1) is 8.26. The molecule has 1 aromatic heterocycles. The Morgan fingerprint density at radius 2 is 2.00 bits per heavy atom. The minimum absolute atomic E-state index is 0.157. The van der Waals surface area contributed by atoms with E-state index in [9.17, 15) is 4.79 Å². The number of ether oxygens (including phenoxy) is 1. The summed E-state index contributed by atoms with van der Waals surface area (Å²) in [5.74, 6) is 0.726. The average molecular weight is 230 g/mol. The molecule has 0 unspecified atom stereocenters. The van der Waals surface area contributed by atoms with Crippen molar-refractivity contribution in [3.8, 4) is 17.0 Å². The van der Waals surface area contributed by atoms with Gasteiger partial charge in [0.1, 0.15) is 5.75 Å². The molecule has 0 radical (unpaired) electrons. The lowest BCUT2D eigenvalue weighted by Gasteiger charge is -2.08. The Hall–Kier alpha value is -2.07. The van der Waals surface area contributed by atoms with E-state index >= 15 is 0 Å². The summed E-state index contributed by atoms with van der Waals surface area (Å²) in [7, 11) is 1.60. The summed E-state index contributed by atoms with van der Waals surface area (Å²) in [6.45, 7) is 0.238. The second-order valence-electron chi connectivity index (χ2n) is 3.63. The van der Waals surface area contributed by atoms with Gasteiger partial charge in [0.2, 0.25) is 0 Å². The fourth-order valence-electron chi connectivity index (χ4n) is 1.69. The van der Waals surface area contributed by atoms with Gasteiger partial charge in [-0.25, -0.2) is 0 Å². The van der Waals surface area contributed by atoms with Gasteiger partial charge in [-0.1, -0.05) is 18.2 Å². The van der Waals surface area contributed by atoms with Crippen LogP contribution in [0.2, 0.25) is 0 Å². The van der Waals surface area contributed by atoms with Crippen LogP contribution in [0.3, 0.4) is 0 Å². The number of aromatic amines is 1. The number of hydrogen-bond acceptors (Lipinski definition) is 3. The third-order valence-corrected chi connectivity index (χ3v) is 2.61. The highest BCUT2D eigenvalue weighted by Crippen LogP contribution is 2.27. The van der Waals surface area contributed by atoms with Crippen LogP contribution in [0.1, 0.15) is 5.56 Å². The molecule has 2 rings (SSSR count). The van der Waals surface area contributed by atoms with Gasteiger partial charge in [-0.3, -0.25) is 4.79 Å². The summed E-state index contributed by atoms with van der Waals surface area (Å²) < 4.78 is 5.25. The molecule has 0 atom stereocenters. The molecule has 2 aromatic rings. The van der Waals surface area contributed by atoms with Crippen LogP contribution in [0.4, 0.5) is 0 Å². The maximum atomic E-state index is 11.7. The smallest absolute Gasteiger partial charge is 0.252 e. The highest BCUT2D eigenvalue weighted by molar-refractivity contribution is 5.66. The zero-order valence-corrected chi connectivity index (χ0v) is 9.57. The van der Waals surface area contributed by atoms with E-state index < -0.39 is 0 Å². The second-order valence-corrected chi connectivity index (χ2v) is 3.63. The highest BCUT2D eigenvalue weighted by Gasteiger charge is 2.06. The summed E-state index contributed by atoms with van der Waals surface area (Å²) in [6, 6.07) is 11.1. The average Bonchev–Trinajstić information content (AvgIpc) is 2.38. The molecule has 0 aliphatic heterocycles. The molecule has 0 amide bonds. The van der Waals surface area contributed by atoms with Crippen LogP contribution >= 0.6 is 0 Å². The molecule has 0 spiro atoms. The van der Waals surface area contributed by atoms with Crippen molar-refractivity contribution < 1.29 is 4.74 Å². The van der Waals surface area contributed by atoms with E-state index in [0.29, 0.717) is 5.56 Å². The van der Waals surface area contributed by atoms with Crippen LogP contribution in [0, 0.1) is 0 Å². The topological polar surface area (TPSA) is 68.1 Å². The SMILES string of the molecule is COc1ccccc1-c1ccc(CN)c(=O)[nH]1. The molecule has 3 N–H and O–H groups in total. The predicted octanol–water partition coefficient (Wildman–Crippen LogP) is 1.51. The fraction of sp³-hybridized carbons (Fsp3) is 0.154. The molecule has 1 aromatic carbocycles. The standard InChI is InChI=1S/C13H14N2O2/c1-17-12-5-3-2-4-10(12)11-7-6-9(8-14)13(16)15-11/h2-7H,8,14H2,1H3,(H,15,16). The molecule has 0 aliphatic carbocycles. The summed E-state index contributed by atoms with van der Waals surface area (Å²) in [5.41, 5.74) is 7.45. The third-order valence-electron chi connectivity index (χ3n) is 2.61. The van der Waals surface area contributed by atoms with Gasteiger partial charge in [0.15, 0.2) is 0 Å². The number of nitrogens with one attached hydrogen (secondary N) is 1. The van der Waals surface area contributed by atoms with Crippen molar-refractivity contribution in [3.05, 3.63) is 52.3 Å². The van der Waals surface area contributed by atoms with Crippen molar-refractivity contribution in [1.82, 2.24) is 4.98 Å². The van der Waals surface area contributed by atoms with Gasteiger partial charge in [0, 0.05) is 17.7 Å². The van der Waals surface area contributed by atoms with Crippen LogP contribution in [-0.4, -0.2) is 12.1 Å². The number of para-hydroxylation sites is 1. The number of methoxy groups -OCH3 is 1. The van der Waals surface area contributed by atoms with Gasteiger partial charge in [0.05, 0.1) is 12.8 Å². The Kier molecular flexibility index (Phi) is 3.25. The van der Waals surface area contributed by atoms with Crippen molar-refractivity contribution in [2.75, 3.05) is 7.11 Å². The Bertz CT molecular complexity index is 576. The first-order valence-corrected chi connectivity index (χ1v) is 5.32. The van der Waals surface area contributed by atoms with Crippen molar-refractivity contribution in [2.24, 2.45) is 5.73 Å². The lowest BCUT2D eigenvalue weighted by atomic mass is 10.1. The number of aromatic nitrogens is 1. The molecule has 0 saturated heterocycles. The first kappa shape index (κ1) is 11.4. The molecule has 0 saturated carbocycles. The number of nitrogens with two attached hydrogens (primary N) is 1. The summed E-state index contributed by atoms with van der Waals surface area (Å²) >= 11 is 0. The lowest BCUT2D eigenvalue weighted by molar-refractivity contribution is 0.416. The minimum atomic E-state index is -0.157. The first-order valence-electron chi connectivity index (χ1n) is 5.32. The number of pyridine rings is 1. The van der Waals surface area contributed by atoms with Gasteiger partial charge < -0.3 is 15.5 Å². The highest BCUT2D eigenvalue weighted by atomic mass is 16.5. The molecule has 0 fully saturated rings. The fourth-order valence-corrected chi connectivity index (χ4v) is 1.69. The zero-order valence-electron chi connectivity index (χ0n) is 9.57. The van der Waals surface area contributed by atoms with Crippen LogP contribution in [0.15, 0.2) is 41.2 Å². The molecule has 4 heteroatoms. The molecule has 4 nitrogen and oxygen atoms in total. The van der Waals surface area contributed by atoms with Crippen molar-refractivity contribution in [2.45, 2.75) is 6.54 Å². The van der Waals surface area contributed by atoms with E-state index in [1.807, 2.05) is 30.3 Å². The van der Waals surface area contributed by atoms with Crippen LogP contribution < -0.4 is 16.0 Å². The molecular formula is C13H14N2O2. The van der Waals surface area contributed by atoms with Crippen molar-refractivity contribution >= 4 is 0 Å². The Morgan fingerprint density at radius 1 is 1.24 bits per heavy atom.